The van der Waals surface area contributed by atoms with Crippen molar-refractivity contribution < 1.29 is 14.0 Å². The van der Waals surface area contributed by atoms with E-state index in [0.29, 0.717) is 18.4 Å². The molecule has 1 amide bonds. The highest BCUT2D eigenvalue weighted by atomic mass is 28.4. The van der Waals surface area contributed by atoms with Gasteiger partial charge in [0.2, 0.25) is 8.32 Å². The first-order valence-electron chi connectivity index (χ1n) is 8.73. The summed E-state index contributed by atoms with van der Waals surface area (Å²) in [5.74, 6) is 1.68. The van der Waals surface area contributed by atoms with Crippen LogP contribution in [-0.2, 0) is 9.16 Å². The second kappa shape index (κ2) is 7.28. The van der Waals surface area contributed by atoms with E-state index in [0.717, 1.165) is 12.2 Å². The van der Waals surface area contributed by atoms with Gasteiger partial charge in [0.05, 0.1) is 12.3 Å². The number of carbonyl (C=O) groups is 1. The second-order valence-corrected chi connectivity index (χ2v) is 13.2. The van der Waals surface area contributed by atoms with Gasteiger partial charge in [-0.2, -0.15) is 0 Å². The summed E-state index contributed by atoms with van der Waals surface area (Å²) < 4.78 is 11.8. The van der Waals surface area contributed by atoms with E-state index < -0.39 is 13.9 Å². The van der Waals surface area contributed by atoms with E-state index in [-0.39, 0.29) is 12.1 Å². The van der Waals surface area contributed by atoms with E-state index in [1.807, 2.05) is 25.7 Å². The Hall–Kier alpha value is -0.973. The molecular weight excluding hydrogens is 306 g/mol. The number of ether oxygens (including phenoxy) is 1. The minimum atomic E-state index is -1.70. The molecule has 4 nitrogen and oxygen atoms in total. The van der Waals surface area contributed by atoms with Crippen LogP contribution in [0.5, 0.6) is 0 Å². The Morgan fingerprint density at radius 2 is 1.91 bits per heavy atom. The first-order chi connectivity index (χ1) is 10.3. The second-order valence-electron chi connectivity index (χ2n) is 8.75. The van der Waals surface area contributed by atoms with Crippen molar-refractivity contribution in [3.05, 3.63) is 11.8 Å². The fourth-order valence-corrected chi connectivity index (χ4v) is 3.90. The lowest BCUT2D eigenvalue weighted by Crippen LogP contribution is -2.51. The monoisotopic (exact) mass is 341 g/mol. The van der Waals surface area contributed by atoms with Gasteiger partial charge in [-0.25, -0.2) is 4.79 Å². The van der Waals surface area contributed by atoms with Gasteiger partial charge in [0, 0.05) is 12.0 Å². The van der Waals surface area contributed by atoms with Crippen molar-refractivity contribution >= 4 is 14.4 Å². The van der Waals surface area contributed by atoms with Crippen LogP contribution in [0, 0.1) is 11.8 Å². The molecule has 5 heteroatoms. The van der Waals surface area contributed by atoms with E-state index in [1.54, 1.807) is 0 Å². The molecule has 1 heterocycles. The summed E-state index contributed by atoms with van der Waals surface area (Å²) in [5.41, 5.74) is -0.482. The average Bonchev–Trinajstić information content (AvgIpc) is 2.33. The Kier molecular flexibility index (Phi) is 6.36. The molecule has 1 aliphatic rings. The van der Waals surface area contributed by atoms with Crippen molar-refractivity contribution in [1.29, 1.82) is 0 Å². The zero-order valence-corrected chi connectivity index (χ0v) is 17.4. The summed E-state index contributed by atoms with van der Waals surface area (Å²) >= 11 is 0. The van der Waals surface area contributed by atoms with Crippen molar-refractivity contribution in [2.75, 3.05) is 6.54 Å². The molecule has 0 aromatic rings. The molecule has 0 radical (unpaired) electrons. The summed E-state index contributed by atoms with van der Waals surface area (Å²) in [6, 6.07) is 0.166. The minimum absolute atomic E-state index is 0.166. The van der Waals surface area contributed by atoms with Crippen LogP contribution in [0.1, 0.15) is 48.0 Å². The minimum Gasteiger partial charge on any atom is -0.546 e. The topological polar surface area (TPSA) is 38.8 Å². The third kappa shape index (κ3) is 6.20. The molecule has 134 valence electrons. The number of rotatable bonds is 4. The van der Waals surface area contributed by atoms with Crippen LogP contribution in [0.3, 0.4) is 0 Å². The van der Waals surface area contributed by atoms with E-state index in [9.17, 15) is 4.79 Å². The van der Waals surface area contributed by atoms with Gasteiger partial charge in [-0.15, -0.1) is 0 Å². The molecule has 1 unspecified atom stereocenters. The van der Waals surface area contributed by atoms with Gasteiger partial charge in [0.1, 0.15) is 5.60 Å². The molecule has 2 atom stereocenters. The predicted octanol–water partition coefficient (Wildman–Crippen LogP) is 5.02. The van der Waals surface area contributed by atoms with Gasteiger partial charge < -0.3 is 9.16 Å². The zero-order valence-electron chi connectivity index (χ0n) is 16.4. The smallest absolute Gasteiger partial charge is 0.410 e. The molecule has 0 aliphatic carbocycles. The lowest BCUT2D eigenvalue weighted by Gasteiger charge is -2.42. The van der Waals surface area contributed by atoms with Crippen LogP contribution in [0.2, 0.25) is 19.6 Å². The first kappa shape index (κ1) is 20.1. The van der Waals surface area contributed by atoms with Gasteiger partial charge >= 0.3 is 6.09 Å². The van der Waals surface area contributed by atoms with E-state index in [1.165, 1.54) is 0 Å². The Labute approximate surface area is 143 Å². The zero-order chi connectivity index (χ0) is 18.0. The largest absolute Gasteiger partial charge is 0.546 e. The molecular formula is C18H35NO3Si. The molecule has 0 N–H and O–H groups in total. The standard InChI is InChI=1S/C18H35NO3Si/c1-10-16-15(13(2)3)11-14(22-23(7,8)9)12-19(16)17(20)21-18(4,5)6/h11,13,15-16H,10,12H2,1-9H3/t15?,16-/m1/s1. The summed E-state index contributed by atoms with van der Waals surface area (Å²) in [7, 11) is -1.70. The predicted molar refractivity (Wildman–Crippen MR) is 97.9 cm³/mol. The molecule has 0 spiro atoms. The van der Waals surface area contributed by atoms with Crippen LogP contribution >= 0.6 is 0 Å². The highest BCUT2D eigenvalue weighted by Crippen LogP contribution is 2.32. The third-order valence-electron chi connectivity index (χ3n) is 3.80. The number of hydrogen-bond acceptors (Lipinski definition) is 3. The van der Waals surface area contributed by atoms with Crippen molar-refractivity contribution in [1.82, 2.24) is 4.90 Å². The Bertz CT molecular complexity index is 446. The van der Waals surface area contributed by atoms with Crippen molar-refractivity contribution in [2.45, 2.75) is 79.2 Å². The quantitative estimate of drug-likeness (QED) is 0.674. The fraction of sp³-hybridized carbons (Fsp3) is 0.833. The molecule has 23 heavy (non-hydrogen) atoms. The maximum atomic E-state index is 12.7. The van der Waals surface area contributed by atoms with Gasteiger partial charge in [-0.1, -0.05) is 20.8 Å². The summed E-state index contributed by atoms with van der Waals surface area (Å²) in [5, 5.41) is 0. The van der Waals surface area contributed by atoms with E-state index in [2.05, 4.69) is 46.5 Å². The molecule has 0 aromatic carbocycles. The van der Waals surface area contributed by atoms with Crippen LogP contribution in [-0.4, -0.2) is 37.5 Å². The van der Waals surface area contributed by atoms with Gasteiger partial charge in [0.25, 0.3) is 0 Å². The molecule has 0 saturated heterocycles. The SMILES string of the molecule is CC[C@@H]1C(C(C)C)C=C(O[Si](C)(C)C)CN1C(=O)OC(C)(C)C. The lowest BCUT2D eigenvalue weighted by atomic mass is 9.83. The molecule has 0 saturated carbocycles. The number of carbonyl (C=O) groups excluding carboxylic acids is 1. The highest BCUT2D eigenvalue weighted by molar-refractivity contribution is 6.70. The summed E-state index contributed by atoms with van der Waals surface area (Å²) in [4.78, 5) is 14.6. The fourth-order valence-electron chi connectivity index (χ4n) is 2.98. The molecule has 1 aliphatic heterocycles. The Morgan fingerprint density at radius 1 is 1.35 bits per heavy atom. The summed E-state index contributed by atoms with van der Waals surface area (Å²) in [6.07, 6.45) is 2.93. The van der Waals surface area contributed by atoms with Gasteiger partial charge in [-0.3, -0.25) is 4.90 Å². The van der Waals surface area contributed by atoms with E-state index >= 15 is 0 Å². The Morgan fingerprint density at radius 3 is 2.30 bits per heavy atom. The number of amides is 1. The average molecular weight is 342 g/mol. The van der Waals surface area contributed by atoms with Crippen molar-refractivity contribution in [3.8, 4) is 0 Å². The Balaban J connectivity index is 3.09. The van der Waals surface area contributed by atoms with Crippen molar-refractivity contribution in [2.24, 2.45) is 11.8 Å². The first-order valence-corrected chi connectivity index (χ1v) is 12.1. The summed E-state index contributed by atoms with van der Waals surface area (Å²) in [6.45, 7) is 19.3. The van der Waals surface area contributed by atoms with E-state index in [4.69, 9.17) is 9.16 Å². The van der Waals surface area contributed by atoms with Crippen LogP contribution in [0.15, 0.2) is 11.8 Å². The van der Waals surface area contributed by atoms with Crippen LogP contribution in [0.25, 0.3) is 0 Å². The maximum absolute atomic E-state index is 12.7. The van der Waals surface area contributed by atoms with Crippen molar-refractivity contribution in [3.63, 3.8) is 0 Å². The normalized spacial score (nSPS) is 22.9. The molecule has 0 fully saturated rings. The maximum Gasteiger partial charge on any atom is 0.410 e. The van der Waals surface area contributed by atoms with Gasteiger partial charge in [-0.05, 0) is 58.8 Å². The molecule has 0 aromatic heterocycles. The lowest BCUT2D eigenvalue weighted by molar-refractivity contribution is 0.00543. The molecule has 1 rings (SSSR count). The molecule has 0 bridgehead atoms. The highest BCUT2D eigenvalue weighted by Gasteiger charge is 2.38. The van der Waals surface area contributed by atoms with Crippen LogP contribution < -0.4 is 0 Å². The third-order valence-corrected chi connectivity index (χ3v) is 4.68. The van der Waals surface area contributed by atoms with Crippen LogP contribution in [0.4, 0.5) is 4.79 Å². The number of nitrogens with zero attached hydrogens (tertiary/aromatic N) is 1. The van der Waals surface area contributed by atoms with Gasteiger partial charge in [0.15, 0.2) is 0 Å². The number of hydrogen-bond donors (Lipinski definition) is 0.